The monoisotopic (exact) mass is 548 g/mol. The maximum absolute atomic E-state index is 11.6. The maximum atomic E-state index is 11.6. The van der Waals surface area contributed by atoms with Crippen LogP contribution in [0.5, 0.6) is 0 Å². The van der Waals surface area contributed by atoms with Gasteiger partial charge in [0.1, 0.15) is 0 Å². The Bertz CT molecular complexity index is 730. The zero-order valence-corrected chi connectivity index (χ0v) is 21.3. The molecule has 0 aliphatic carbocycles. The second kappa shape index (κ2) is 12.0. The minimum absolute atomic E-state index is 0. The van der Waals surface area contributed by atoms with Crippen molar-refractivity contribution in [2.45, 2.75) is 20.4 Å². The molecule has 0 spiro atoms. The lowest BCUT2D eigenvalue weighted by Gasteiger charge is -2.36. The van der Waals surface area contributed by atoms with E-state index >= 15 is 0 Å². The summed E-state index contributed by atoms with van der Waals surface area (Å²) in [4.78, 5) is 25.4. The van der Waals surface area contributed by atoms with E-state index in [1.54, 1.807) is 6.92 Å². The van der Waals surface area contributed by atoms with E-state index in [-0.39, 0.29) is 29.9 Å². The van der Waals surface area contributed by atoms with Crippen molar-refractivity contribution in [1.82, 2.24) is 20.0 Å². The van der Waals surface area contributed by atoms with Crippen molar-refractivity contribution in [3.8, 4) is 0 Å². The summed E-state index contributed by atoms with van der Waals surface area (Å²) in [5, 5.41) is 4.17. The second-order valence-corrected chi connectivity index (χ2v) is 8.10. The summed E-state index contributed by atoms with van der Waals surface area (Å²) >= 11 is 6.59. The number of hydrogen-bond acceptors (Lipinski definition) is 4. The molecule has 0 saturated carbocycles. The van der Waals surface area contributed by atoms with Gasteiger partial charge in [-0.1, -0.05) is 17.7 Å². The minimum Gasteiger partial charge on any atom is -0.369 e. The molecule has 0 radical (unpaired) electrons. The third-order valence-corrected chi connectivity index (χ3v) is 6.04. The Morgan fingerprint density at radius 3 is 2.30 bits per heavy atom. The van der Waals surface area contributed by atoms with Crippen molar-refractivity contribution in [3.05, 3.63) is 28.8 Å². The maximum Gasteiger partial charge on any atom is 0.219 e. The number of nitrogens with zero attached hydrogens (tertiary/aromatic N) is 5. The number of anilines is 1. The van der Waals surface area contributed by atoms with E-state index in [4.69, 9.17) is 16.6 Å². The highest BCUT2D eigenvalue weighted by molar-refractivity contribution is 14.0. The summed E-state index contributed by atoms with van der Waals surface area (Å²) in [5.41, 5.74) is 2.27. The van der Waals surface area contributed by atoms with Crippen LogP contribution in [0.3, 0.4) is 0 Å². The molecule has 30 heavy (non-hydrogen) atoms. The summed E-state index contributed by atoms with van der Waals surface area (Å²) in [7, 11) is 2.16. The van der Waals surface area contributed by atoms with Crippen LogP contribution in [-0.2, 0) is 11.3 Å². The van der Waals surface area contributed by atoms with Crippen LogP contribution in [0.1, 0.15) is 19.4 Å². The Hall–Kier alpha value is -1.26. The van der Waals surface area contributed by atoms with E-state index in [2.05, 4.69) is 40.1 Å². The molecule has 2 saturated heterocycles. The molecule has 2 heterocycles. The predicted octanol–water partition coefficient (Wildman–Crippen LogP) is 2.34. The molecular weight excluding hydrogens is 515 g/mol. The smallest absolute Gasteiger partial charge is 0.219 e. The van der Waals surface area contributed by atoms with Gasteiger partial charge >= 0.3 is 0 Å². The normalized spacial score (nSPS) is 18.3. The molecule has 2 aliphatic heterocycles. The van der Waals surface area contributed by atoms with Gasteiger partial charge in [0.2, 0.25) is 5.91 Å². The Balaban J connectivity index is 0.00000320. The van der Waals surface area contributed by atoms with Crippen LogP contribution in [0.25, 0.3) is 0 Å². The average molecular weight is 549 g/mol. The summed E-state index contributed by atoms with van der Waals surface area (Å²) in [6, 6.07) is 6.13. The first-order valence-corrected chi connectivity index (χ1v) is 10.9. The minimum atomic E-state index is 0. The molecule has 1 N–H and O–H groups in total. The molecule has 0 atom stereocenters. The standard InChI is InChI=1S/C21H33ClN6O.HI/c1-4-23-21(28-14-12-26(13-15-28)17(2)29)24-16-18-19(22)6-5-7-20(18)27-10-8-25(3)9-11-27;/h5-7H,4,8-16H2,1-3H3,(H,23,24);1H. The zero-order valence-electron chi connectivity index (χ0n) is 18.2. The summed E-state index contributed by atoms with van der Waals surface area (Å²) < 4.78 is 0. The van der Waals surface area contributed by atoms with Crippen LogP contribution in [0.2, 0.25) is 5.02 Å². The number of guanidine groups is 1. The summed E-state index contributed by atoms with van der Waals surface area (Å²) in [6.07, 6.45) is 0. The van der Waals surface area contributed by atoms with E-state index in [1.807, 2.05) is 17.0 Å². The molecule has 7 nitrogen and oxygen atoms in total. The molecule has 2 aliphatic rings. The fourth-order valence-electron chi connectivity index (χ4n) is 3.86. The van der Waals surface area contributed by atoms with Crippen LogP contribution < -0.4 is 10.2 Å². The lowest BCUT2D eigenvalue weighted by atomic mass is 10.1. The molecular formula is C21H34ClIN6O. The van der Waals surface area contributed by atoms with E-state index in [9.17, 15) is 4.79 Å². The van der Waals surface area contributed by atoms with Gasteiger partial charge in [0, 0.05) is 82.1 Å². The molecule has 3 rings (SSSR count). The van der Waals surface area contributed by atoms with Crippen LogP contribution in [0.4, 0.5) is 5.69 Å². The number of halogens is 2. The van der Waals surface area contributed by atoms with Gasteiger partial charge in [-0.25, -0.2) is 4.99 Å². The lowest BCUT2D eigenvalue weighted by molar-refractivity contribution is -0.130. The zero-order chi connectivity index (χ0) is 20.8. The largest absolute Gasteiger partial charge is 0.369 e. The highest BCUT2D eigenvalue weighted by Gasteiger charge is 2.22. The SMILES string of the molecule is CCNC(=NCc1c(Cl)cccc1N1CCN(C)CC1)N1CCN(C(C)=O)CC1.I. The first kappa shape index (κ1) is 25.0. The molecule has 2 fully saturated rings. The van der Waals surface area contributed by atoms with Gasteiger partial charge in [-0.3, -0.25) is 4.79 Å². The highest BCUT2D eigenvalue weighted by atomic mass is 127. The summed E-state index contributed by atoms with van der Waals surface area (Å²) in [6.45, 7) is 12.2. The van der Waals surface area contributed by atoms with E-state index in [1.165, 1.54) is 5.69 Å². The predicted molar refractivity (Wildman–Crippen MR) is 135 cm³/mol. The van der Waals surface area contributed by atoms with Gasteiger partial charge < -0.3 is 24.9 Å². The molecule has 0 bridgehead atoms. The number of nitrogens with one attached hydrogen (secondary N) is 1. The quantitative estimate of drug-likeness (QED) is 0.356. The molecule has 168 valence electrons. The number of piperazine rings is 2. The van der Waals surface area contributed by atoms with Crippen LogP contribution in [0, 0.1) is 0 Å². The molecule has 1 aromatic rings. The Labute approximate surface area is 202 Å². The van der Waals surface area contributed by atoms with E-state index < -0.39 is 0 Å². The molecule has 0 unspecified atom stereocenters. The van der Waals surface area contributed by atoms with Gasteiger partial charge in [0.25, 0.3) is 0 Å². The molecule has 1 aromatic carbocycles. The Morgan fingerprint density at radius 2 is 1.70 bits per heavy atom. The third kappa shape index (κ3) is 6.37. The number of hydrogen-bond donors (Lipinski definition) is 1. The van der Waals surface area contributed by atoms with Gasteiger partial charge in [-0.15, -0.1) is 24.0 Å². The van der Waals surface area contributed by atoms with E-state index in [0.717, 1.165) is 75.4 Å². The second-order valence-electron chi connectivity index (χ2n) is 7.69. The number of benzene rings is 1. The van der Waals surface area contributed by atoms with Crippen LogP contribution in [-0.4, -0.2) is 92.5 Å². The average Bonchev–Trinajstić information content (AvgIpc) is 2.72. The first-order valence-electron chi connectivity index (χ1n) is 10.5. The molecule has 1 amide bonds. The molecule has 9 heteroatoms. The summed E-state index contributed by atoms with van der Waals surface area (Å²) in [5.74, 6) is 1.03. The fraction of sp³-hybridized carbons (Fsp3) is 0.619. The highest BCUT2D eigenvalue weighted by Crippen LogP contribution is 2.29. The third-order valence-electron chi connectivity index (χ3n) is 5.68. The van der Waals surface area contributed by atoms with Crippen molar-refractivity contribution in [2.75, 3.05) is 70.9 Å². The van der Waals surface area contributed by atoms with Gasteiger partial charge in [0.15, 0.2) is 5.96 Å². The molecule has 0 aromatic heterocycles. The number of aliphatic imine (C=N–C) groups is 1. The van der Waals surface area contributed by atoms with Gasteiger partial charge in [-0.2, -0.15) is 0 Å². The number of amides is 1. The number of carbonyl (C=O) groups excluding carboxylic acids is 1. The van der Waals surface area contributed by atoms with Crippen LogP contribution >= 0.6 is 35.6 Å². The Kier molecular flexibility index (Phi) is 9.96. The van der Waals surface area contributed by atoms with Crippen molar-refractivity contribution >= 4 is 53.1 Å². The number of carbonyl (C=O) groups is 1. The topological polar surface area (TPSA) is 54.4 Å². The number of likely N-dealkylation sites (N-methyl/N-ethyl adjacent to an activating group) is 1. The van der Waals surface area contributed by atoms with Crippen molar-refractivity contribution in [3.63, 3.8) is 0 Å². The number of rotatable bonds is 4. The fourth-order valence-corrected chi connectivity index (χ4v) is 4.09. The lowest BCUT2D eigenvalue weighted by Crippen LogP contribution is -2.53. The first-order chi connectivity index (χ1) is 14.0. The van der Waals surface area contributed by atoms with Crippen LogP contribution in [0.15, 0.2) is 23.2 Å². The Morgan fingerprint density at radius 1 is 1.07 bits per heavy atom. The van der Waals surface area contributed by atoms with Gasteiger partial charge in [0.05, 0.1) is 6.54 Å². The van der Waals surface area contributed by atoms with E-state index in [0.29, 0.717) is 6.54 Å². The van der Waals surface area contributed by atoms with Crippen molar-refractivity contribution in [1.29, 1.82) is 0 Å². The van der Waals surface area contributed by atoms with Crippen molar-refractivity contribution < 1.29 is 4.79 Å². The van der Waals surface area contributed by atoms with Crippen molar-refractivity contribution in [2.24, 2.45) is 4.99 Å². The van der Waals surface area contributed by atoms with Gasteiger partial charge in [-0.05, 0) is 26.1 Å².